The van der Waals surface area contributed by atoms with Crippen LogP contribution in [0.4, 0.5) is 5.69 Å². The average molecular weight is 367 g/mol. The number of esters is 2. The van der Waals surface area contributed by atoms with Crippen molar-refractivity contribution in [2.24, 2.45) is 0 Å². The van der Waals surface area contributed by atoms with Gasteiger partial charge in [0.25, 0.3) is 5.79 Å². The summed E-state index contributed by atoms with van der Waals surface area (Å²) < 4.78 is 10.1. The molecular weight excluding hydrogens is 346 g/mol. The second kappa shape index (κ2) is 7.53. The van der Waals surface area contributed by atoms with Crippen LogP contribution in [0.3, 0.4) is 0 Å². The third-order valence-corrected chi connectivity index (χ3v) is 4.09. The smallest absolute Gasteiger partial charge is 0.350 e. The normalized spacial score (nSPS) is 15.7. The molecule has 0 radical (unpaired) electrons. The number of hydrogen-bond donors (Lipinski definition) is 2. The molecule has 2 aromatic carbocycles. The SMILES string of the molecule is CC1(C)OC(=O)C(=CNc2ccc(CCc3ccc(O)cc3)cc2)C(=O)O1. The molecule has 0 saturated carbocycles. The summed E-state index contributed by atoms with van der Waals surface area (Å²) in [6.45, 7) is 3.01. The van der Waals surface area contributed by atoms with E-state index in [1.807, 2.05) is 36.4 Å². The fourth-order valence-corrected chi connectivity index (χ4v) is 2.65. The maximum Gasteiger partial charge on any atom is 0.350 e. The molecule has 2 aromatic rings. The minimum absolute atomic E-state index is 0.175. The molecule has 0 bridgehead atoms. The van der Waals surface area contributed by atoms with Crippen LogP contribution < -0.4 is 5.32 Å². The van der Waals surface area contributed by atoms with Gasteiger partial charge in [-0.2, -0.15) is 0 Å². The Morgan fingerprint density at radius 3 is 1.89 bits per heavy atom. The first-order chi connectivity index (χ1) is 12.8. The Labute approximate surface area is 157 Å². The van der Waals surface area contributed by atoms with Crippen LogP contribution in [0.1, 0.15) is 25.0 Å². The Morgan fingerprint density at radius 2 is 1.37 bits per heavy atom. The zero-order valence-electron chi connectivity index (χ0n) is 15.2. The number of phenols is 1. The minimum atomic E-state index is -1.25. The second-order valence-electron chi connectivity index (χ2n) is 6.74. The van der Waals surface area contributed by atoms with E-state index < -0.39 is 17.7 Å². The molecule has 1 aliphatic rings. The molecule has 1 heterocycles. The van der Waals surface area contributed by atoms with Gasteiger partial charge in [-0.3, -0.25) is 0 Å². The van der Waals surface area contributed by atoms with Gasteiger partial charge in [-0.25, -0.2) is 9.59 Å². The molecule has 0 aliphatic carbocycles. The van der Waals surface area contributed by atoms with Crippen LogP contribution in [0.5, 0.6) is 5.75 Å². The van der Waals surface area contributed by atoms with Crippen molar-refractivity contribution in [1.82, 2.24) is 0 Å². The van der Waals surface area contributed by atoms with Crippen molar-refractivity contribution in [3.05, 3.63) is 71.4 Å². The van der Waals surface area contributed by atoms with Gasteiger partial charge in [-0.15, -0.1) is 0 Å². The summed E-state index contributed by atoms with van der Waals surface area (Å²) in [5.74, 6) is -2.41. The van der Waals surface area contributed by atoms with Crippen LogP contribution in [-0.4, -0.2) is 22.8 Å². The number of aromatic hydroxyl groups is 1. The van der Waals surface area contributed by atoms with E-state index in [2.05, 4.69) is 5.32 Å². The maximum absolute atomic E-state index is 11.9. The van der Waals surface area contributed by atoms with Crippen LogP contribution in [0.2, 0.25) is 0 Å². The Balaban J connectivity index is 1.58. The molecule has 6 nitrogen and oxygen atoms in total. The maximum atomic E-state index is 11.9. The largest absolute Gasteiger partial charge is 0.508 e. The third-order valence-electron chi connectivity index (χ3n) is 4.09. The number of benzene rings is 2. The molecule has 27 heavy (non-hydrogen) atoms. The zero-order valence-corrected chi connectivity index (χ0v) is 15.2. The van der Waals surface area contributed by atoms with E-state index in [-0.39, 0.29) is 11.3 Å². The van der Waals surface area contributed by atoms with Crippen molar-refractivity contribution >= 4 is 17.6 Å². The number of nitrogens with one attached hydrogen (secondary N) is 1. The molecule has 1 fully saturated rings. The van der Waals surface area contributed by atoms with E-state index in [1.165, 1.54) is 20.0 Å². The number of cyclic esters (lactones) is 2. The fourth-order valence-electron chi connectivity index (χ4n) is 2.65. The number of ether oxygens (including phenoxy) is 2. The molecule has 1 saturated heterocycles. The standard InChI is InChI=1S/C21H21NO5/c1-21(2)26-19(24)18(20(25)27-21)13-22-16-9-5-14(6-10-16)3-4-15-7-11-17(23)12-8-15/h5-13,22-23H,3-4H2,1-2H3. The van der Waals surface area contributed by atoms with E-state index in [1.54, 1.807) is 12.1 Å². The number of rotatable bonds is 5. The highest BCUT2D eigenvalue weighted by atomic mass is 16.7. The molecule has 3 rings (SSSR count). The Morgan fingerprint density at radius 1 is 0.889 bits per heavy atom. The topological polar surface area (TPSA) is 84.9 Å². The molecule has 0 amide bonds. The number of carbonyl (C=O) groups is 2. The Kier molecular flexibility index (Phi) is 5.16. The van der Waals surface area contributed by atoms with Crippen LogP contribution in [0, 0.1) is 0 Å². The van der Waals surface area contributed by atoms with E-state index in [0.717, 1.165) is 29.7 Å². The molecule has 0 spiro atoms. The van der Waals surface area contributed by atoms with Crippen molar-refractivity contribution < 1.29 is 24.2 Å². The number of phenolic OH excluding ortho intramolecular Hbond substituents is 1. The van der Waals surface area contributed by atoms with Gasteiger partial charge in [-0.1, -0.05) is 24.3 Å². The van der Waals surface area contributed by atoms with Crippen LogP contribution in [0.15, 0.2) is 60.3 Å². The molecule has 2 N–H and O–H groups in total. The lowest BCUT2D eigenvalue weighted by molar-refractivity contribution is -0.222. The predicted octanol–water partition coefficient (Wildman–Crippen LogP) is 3.31. The van der Waals surface area contributed by atoms with Crippen LogP contribution in [0.25, 0.3) is 0 Å². The van der Waals surface area contributed by atoms with Gasteiger partial charge >= 0.3 is 11.9 Å². The minimum Gasteiger partial charge on any atom is -0.508 e. The molecule has 0 atom stereocenters. The van der Waals surface area contributed by atoms with Gasteiger partial charge in [0, 0.05) is 25.7 Å². The first-order valence-corrected chi connectivity index (χ1v) is 8.63. The lowest BCUT2D eigenvalue weighted by Crippen LogP contribution is -2.42. The van der Waals surface area contributed by atoms with Crippen molar-refractivity contribution in [3.8, 4) is 5.75 Å². The Hall–Kier alpha value is -3.28. The highest BCUT2D eigenvalue weighted by Gasteiger charge is 2.38. The zero-order chi connectivity index (χ0) is 19.4. The number of hydrogen-bond acceptors (Lipinski definition) is 6. The lowest BCUT2D eigenvalue weighted by atomic mass is 10.0. The fraction of sp³-hybridized carbons (Fsp3) is 0.238. The van der Waals surface area contributed by atoms with Gasteiger partial charge < -0.3 is 19.9 Å². The van der Waals surface area contributed by atoms with E-state index in [9.17, 15) is 14.7 Å². The first kappa shape index (κ1) is 18.5. The third kappa shape index (κ3) is 4.88. The van der Waals surface area contributed by atoms with Crippen molar-refractivity contribution in [2.75, 3.05) is 5.32 Å². The van der Waals surface area contributed by atoms with E-state index in [4.69, 9.17) is 9.47 Å². The van der Waals surface area contributed by atoms with Crippen molar-refractivity contribution in [3.63, 3.8) is 0 Å². The monoisotopic (exact) mass is 367 g/mol. The van der Waals surface area contributed by atoms with Gasteiger partial charge in [0.05, 0.1) is 0 Å². The summed E-state index contributed by atoms with van der Waals surface area (Å²) in [5, 5.41) is 12.2. The highest BCUT2D eigenvalue weighted by molar-refractivity contribution is 6.15. The summed E-state index contributed by atoms with van der Waals surface area (Å²) >= 11 is 0. The first-order valence-electron chi connectivity index (χ1n) is 8.63. The lowest BCUT2D eigenvalue weighted by Gasteiger charge is -2.29. The summed E-state index contributed by atoms with van der Waals surface area (Å²) in [7, 11) is 0. The van der Waals surface area contributed by atoms with E-state index >= 15 is 0 Å². The summed E-state index contributed by atoms with van der Waals surface area (Å²) in [4.78, 5) is 23.8. The van der Waals surface area contributed by atoms with Crippen molar-refractivity contribution in [2.45, 2.75) is 32.5 Å². The van der Waals surface area contributed by atoms with Crippen molar-refractivity contribution in [1.29, 1.82) is 0 Å². The summed E-state index contributed by atoms with van der Waals surface area (Å²) in [6, 6.07) is 14.8. The molecule has 6 heteroatoms. The quantitative estimate of drug-likeness (QED) is 0.479. The molecule has 0 unspecified atom stereocenters. The summed E-state index contributed by atoms with van der Waals surface area (Å²) in [5.41, 5.74) is 2.86. The molecule has 1 aliphatic heterocycles. The number of aryl methyl sites for hydroxylation is 2. The number of carbonyl (C=O) groups excluding carboxylic acids is 2. The van der Waals surface area contributed by atoms with Crippen LogP contribution >= 0.6 is 0 Å². The summed E-state index contributed by atoms with van der Waals surface area (Å²) in [6.07, 6.45) is 3.02. The van der Waals surface area contributed by atoms with E-state index in [0.29, 0.717) is 0 Å². The van der Waals surface area contributed by atoms with Crippen LogP contribution in [-0.2, 0) is 31.9 Å². The highest BCUT2D eigenvalue weighted by Crippen LogP contribution is 2.23. The average Bonchev–Trinajstić information content (AvgIpc) is 2.60. The second-order valence-corrected chi connectivity index (χ2v) is 6.74. The molecular formula is C21H21NO5. The predicted molar refractivity (Wildman–Crippen MR) is 99.9 cm³/mol. The van der Waals surface area contributed by atoms with Gasteiger partial charge in [0.1, 0.15) is 5.75 Å². The molecule has 0 aromatic heterocycles. The van der Waals surface area contributed by atoms with Gasteiger partial charge in [0.15, 0.2) is 5.57 Å². The van der Waals surface area contributed by atoms with Gasteiger partial charge in [-0.05, 0) is 48.2 Å². The molecule has 140 valence electrons. The van der Waals surface area contributed by atoms with Gasteiger partial charge in [0.2, 0.25) is 0 Å². The Bertz CT molecular complexity index is 844. The number of anilines is 1.